The topological polar surface area (TPSA) is 27.0 Å². The predicted molar refractivity (Wildman–Crippen MR) is 79.2 cm³/mol. The molecule has 0 unspecified atom stereocenters. The highest BCUT2D eigenvalue weighted by Gasteiger charge is 2.05. The summed E-state index contributed by atoms with van der Waals surface area (Å²) in [5.41, 5.74) is 5.61. The van der Waals surface area contributed by atoms with Gasteiger partial charge in [-0.1, -0.05) is 23.8 Å². The first kappa shape index (κ1) is 13.2. The summed E-state index contributed by atoms with van der Waals surface area (Å²) in [6, 6.07) is 16.5. The van der Waals surface area contributed by atoms with Gasteiger partial charge in [0, 0.05) is 19.3 Å². The van der Waals surface area contributed by atoms with E-state index >= 15 is 0 Å². The largest absolute Gasteiger partial charge is 0.370 e. The fraction of sp³-hybridized carbons (Fsp3) is 0.235. The van der Waals surface area contributed by atoms with Crippen LogP contribution in [0.4, 0.5) is 5.69 Å². The second kappa shape index (κ2) is 5.58. The van der Waals surface area contributed by atoms with E-state index in [1.807, 2.05) is 18.2 Å². The van der Waals surface area contributed by atoms with Crippen molar-refractivity contribution >= 4 is 5.69 Å². The first-order chi connectivity index (χ1) is 9.10. The van der Waals surface area contributed by atoms with Crippen LogP contribution in [0.3, 0.4) is 0 Å². The Morgan fingerprint density at radius 1 is 1.05 bits per heavy atom. The Balaban J connectivity index is 2.17. The lowest BCUT2D eigenvalue weighted by Crippen LogP contribution is -2.17. The molecule has 0 aromatic heterocycles. The van der Waals surface area contributed by atoms with E-state index in [4.69, 9.17) is 5.26 Å². The van der Waals surface area contributed by atoms with Gasteiger partial charge in [0.2, 0.25) is 0 Å². The van der Waals surface area contributed by atoms with Crippen LogP contribution in [0.25, 0.3) is 0 Å². The molecule has 0 aliphatic carbocycles. The molecule has 2 aromatic carbocycles. The van der Waals surface area contributed by atoms with E-state index in [1.165, 1.54) is 16.8 Å². The third-order valence-electron chi connectivity index (χ3n) is 3.35. The van der Waals surface area contributed by atoms with Gasteiger partial charge in [0.1, 0.15) is 0 Å². The number of nitriles is 1. The maximum Gasteiger partial charge on any atom is 0.0991 e. The molecular weight excluding hydrogens is 232 g/mol. The Morgan fingerprint density at radius 2 is 1.74 bits per heavy atom. The second-order valence-corrected chi connectivity index (χ2v) is 4.94. The van der Waals surface area contributed by atoms with Crippen LogP contribution >= 0.6 is 0 Å². The van der Waals surface area contributed by atoms with E-state index in [0.29, 0.717) is 0 Å². The van der Waals surface area contributed by atoms with Crippen LogP contribution in [-0.2, 0) is 6.54 Å². The van der Waals surface area contributed by atoms with Crippen molar-refractivity contribution in [1.82, 2.24) is 0 Å². The van der Waals surface area contributed by atoms with Crippen LogP contribution < -0.4 is 4.90 Å². The van der Waals surface area contributed by atoms with Crippen LogP contribution in [0.1, 0.15) is 22.3 Å². The van der Waals surface area contributed by atoms with E-state index < -0.39 is 0 Å². The Morgan fingerprint density at radius 3 is 2.32 bits per heavy atom. The van der Waals surface area contributed by atoms with Gasteiger partial charge >= 0.3 is 0 Å². The lowest BCUT2D eigenvalue weighted by atomic mass is 10.0. The van der Waals surface area contributed by atoms with Gasteiger partial charge in [0.15, 0.2) is 0 Å². The summed E-state index contributed by atoms with van der Waals surface area (Å²) in [4.78, 5) is 2.22. The molecule has 0 bridgehead atoms. The number of anilines is 1. The van der Waals surface area contributed by atoms with Gasteiger partial charge in [-0.05, 0) is 49.2 Å². The number of aryl methyl sites for hydroxylation is 2. The Hall–Kier alpha value is -2.27. The fourth-order valence-corrected chi connectivity index (χ4v) is 2.09. The summed E-state index contributed by atoms with van der Waals surface area (Å²) in [5.74, 6) is 0. The summed E-state index contributed by atoms with van der Waals surface area (Å²) in [7, 11) is 2.09. The zero-order valence-corrected chi connectivity index (χ0v) is 11.6. The monoisotopic (exact) mass is 250 g/mol. The number of nitrogens with zero attached hydrogens (tertiary/aromatic N) is 2. The quantitative estimate of drug-likeness (QED) is 0.828. The van der Waals surface area contributed by atoms with E-state index in [1.54, 1.807) is 0 Å². The first-order valence-corrected chi connectivity index (χ1v) is 6.37. The average Bonchev–Trinajstić information content (AvgIpc) is 2.41. The van der Waals surface area contributed by atoms with Crippen molar-refractivity contribution in [3.8, 4) is 6.07 Å². The van der Waals surface area contributed by atoms with Crippen molar-refractivity contribution < 1.29 is 0 Å². The van der Waals surface area contributed by atoms with Gasteiger partial charge < -0.3 is 4.90 Å². The summed E-state index contributed by atoms with van der Waals surface area (Å²) in [6.07, 6.45) is 0. The summed E-state index contributed by atoms with van der Waals surface area (Å²) >= 11 is 0. The standard InChI is InChI=1S/C17H18N2/c1-13-4-8-17(9-5-13)19(3)12-16-7-6-15(11-18)10-14(16)2/h4-10H,12H2,1-3H3. The van der Waals surface area contributed by atoms with Crippen LogP contribution in [0.15, 0.2) is 42.5 Å². The third kappa shape index (κ3) is 3.14. The molecule has 96 valence electrons. The highest BCUT2D eigenvalue weighted by molar-refractivity contribution is 5.48. The Labute approximate surface area is 114 Å². The SMILES string of the molecule is Cc1ccc(N(C)Cc2ccc(C#N)cc2C)cc1. The zero-order chi connectivity index (χ0) is 13.8. The average molecular weight is 250 g/mol. The minimum Gasteiger partial charge on any atom is -0.370 e. The van der Waals surface area contributed by atoms with Crippen molar-refractivity contribution in [2.24, 2.45) is 0 Å². The van der Waals surface area contributed by atoms with Gasteiger partial charge in [0.05, 0.1) is 11.6 Å². The molecule has 0 fully saturated rings. The van der Waals surface area contributed by atoms with Crippen LogP contribution in [0.5, 0.6) is 0 Å². The second-order valence-electron chi connectivity index (χ2n) is 4.94. The van der Waals surface area contributed by atoms with Crippen LogP contribution in [-0.4, -0.2) is 7.05 Å². The number of hydrogen-bond donors (Lipinski definition) is 0. The number of rotatable bonds is 3. The lowest BCUT2D eigenvalue weighted by molar-refractivity contribution is 0.913. The van der Waals surface area contributed by atoms with E-state index in [2.05, 4.69) is 56.1 Å². The zero-order valence-electron chi connectivity index (χ0n) is 11.6. The van der Waals surface area contributed by atoms with Gasteiger partial charge in [0.25, 0.3) is 0 Å². The lowest BCUT2D eigenvalue weighted by Gasteiger charge is -2.20. The minimum absolute atomic E-state index is 0.722. The Kier molecular flexibility index (Phi) is 3.87. The summed E-state index contributed by atoms with van der Waals surface area (Å²) in [6.45, 7) is 4.99. The normalized spacial score (nSPS) is 10.0. The van der Waals surface area contributed by atoms with Crippen molar-refractivity contribution in [3.63, 3.8) is 0 Å². The maximum atomic E-state index is 8.88. The first-order valence-electron chi connectivity index (χ1n) is 6.37. The van der Waals surface area contributed by atoms with Crippen molar-refractivity contribution in [1.29, 1.82) is 5.26 Å². The molecule has 0 N–H and O–H groups in total. The van der Waals surface area contributed by atoms with Crippen molar-refractivity contribution in [2.45, 2.75) is 20.4 Å². The number of hydrogen-bond acceptors (Lipinski definition) is 2. The fourth-order valence-electron chi connectivity index (χ4n) is 2.09. The molecule has 2 aromatic rings. The molecule has 0 spiro atoms. The summed E-state index contributed by atoms with van der Waals surface area (Å²) in [5, 5.41) is 8.88. The molecule has 0 aliphatic rings. The molecule has 2 nitrogen and oxygen atoms in total. The van der Waals surface area contributed by atoms with Crippen molar-refractivity contribution in [2.75, 3.05) is 11.9 Å². The van der Waals surface area contributed by atoms with E-state index in [-0.39, 0.29) is 0 Å². The van der Waals surface area contributed by atoms with Gasteiger partial charge in [-0.2, -0.15) is 5.26 Å². The molecule has 0 saturated heterocycles. The van der Waals surface area contributed by atoms with Crippen LogP contribution in [0, 0.1) is 25.2 Å². The van der Waals surface area contributed by atoms with Gasteiger partial charge in [-0.25, -0.2) is 0 Å². The number of benzene rings is 2. The van der Waals surface area contributed by atoms with Crippen molar-refractivity contribution in [3.05, 3.63) is 64.7 Å². The molecule has 2 rings (SSSR count). The highest BCUT2D eigenvalue weighted by Crippen LogP contribution is 2.18. The summed E-state index contributed by atoms with van der Waals surface area (Å²) < 4.78 is 0. The Bertz CT molecular complexity index is 606. The molecule has 19 heavy (non-hydrogen) atoms. The molecule has 0 saturated carbocycles. The van der Waals surface area contributed by atoms with E-state index in [0.717, 1.165) is 17.7 Å². The molecule has 0 amide bonds. The van der Waals surface area contributed by atoms with Gasteiger partial charge in [-0.3, -0.25) is 0 Å². The minimum atomic E-state index is 0.722. The molecule has 0 heterocycles. The molecule has 0 aliphatic heterocycles. The molecule has 2 heteroatoms. The van der Waals surface area contributed by atoms with Gasteiger partial charge in [-0.15, -0.1) is 0 Å². The van der Waals surface area contributed by atoms with Crippen LogP contribution in [0.2, 0.25) is 0 Å². The predicted octanol–water partition coefficient (Wildman–Crippen LogP) is 3.81. The van der Waals surface area contributed by atoms with E-state index in [9.17, 15) is 0 Å². The smallest absolute Gasteiger partial charge is 0.0991 e. The maximum absolute atomic E-state index is 8.88. The highest BCUT2D eigenvalue weighted by atomic mass is 15.1. The molecule has 0 atom stereocenters. The molecular formula is C17H18N2. The molecule has 0 radical (unpaired) electrons. The third-order valence-corrected chi connectivity index (χ3v) is 3.35.